The van der Waals surface area contributed by atoms with Crippen molar-refractivity contribution in [2.75, 3.05) is 6.61 Å². The van der Waals surface area contributed by atoms with Crippen LogP contribution in [0.15, 0.2) is 24.4 Å². The highest BCUT2D eigenvalue weighted by Crippen LogP contribution is 2.25. The van der Waals surface area contributed by atoms with Gasteiger partial charge < -0.3 is 30.3 Å². The van der Waals surface area contributed by atoms with E-state index in [1.165, 1.54) is 0 Å². The normalized spacial score (nSPS) is 28.3. The molecule has 26 heavy (non-hydrogen) atoms. The first-order valence-electron chi connectivity index (χ1n) is 8.43. The van der Waals surface area contributed by atoms with Crippen LogP contribution in [0.4, 0.5) is 13.2 Å². The molecule has 0 unspecified atom stereocenters. The number of pyridine rings is 1. The maximum absolute atomic E-state index is 11.4. The van der Waals surface area contributed by atoms with Gasteiger partial charge in [-0.25, -0.2) is 8.42 Å². The number of nitrogens with zero attached hydrogens (tertiary/aromatic N) is 1. The van der Waals surface area contributed by atoms with E-state index in [-0.39, 0.29) is 0 Å². The van der Waals surface area contributed by atoms with E-state index in [1.54, 1.807) is 0 Å². The molecule has 1 amide bonds. The van der Waals surface area contributed by atoms with Crippen molar-refractivity contribution < 1.29 is 61.0 Å². The minimum atomic E-state index is -6.09. The van der Waals surface area contributed by atoms with Crippen molar-refractivity contribution >= 4 is 16.0 Å². The smallest absolute Gasteiger partial charge is 0.485 e. The second-order valence-electron chi connectivity index (χ2n) is 4.71. The number of rotatable bonds is 3. The van der Waals surface area contributed by atoms with Gasteiger partial charge in [-0.2, -0.15) is 17.7 Å². The second kappa shape index (κ2) is 8.24. The minimum absolute atomic E-state index is 0.598. The number of carbonyl (C=O) groups excluding carboxylic acids is 1. The van der Waals surface area contributed by atoms with Gasteiger partial charge in [0.05, 0.1) is 9.35 Å². The first-order chi connectivity index (χ1) is 13.5. The fourth-order valence-corrected chi connectivity index (χ4v) is 1.66. The summed E-state index contributed by atoms with van der Waals surface area (Å²) in [5.41, 5.74) is -1.16. The van der Waals surface area contributed by atoms with E-state index in [0.717, 1.165) is 0 Å². The fourth-order valence-electron chi connectivity index (χ4n) is 1.66. The van der Waals surface area contributed by atoms with Crippen LogP contribution in [-0.2, 0) is 14.9 Å². The minimum Gasteiger partial charge on any atom is -0.741 e. The number of carbonyl (C=O) groups is 1. The maximum atomic E-state index is 11.4. The molecule has 1 fully saturated rings. The van der Waals surface area contributed by atoms with Gasteiger partial charge in [0, 0.05) is 6.04 Å². The Balaban J connectivity index is 0.000000479. The first-order valence-corrected chi connectivity index (χ1v) is 7.84. The topological polar surface area (TPSA) is 174 Å². The third-order valence-electron chi connectivity index (χ3n) is 2.90. The molecule has 5 N–H and O–H groups in total. The Hall–Kier alpha value is -1.84. The molecule has 1 aromatic heterocycles. The van der Waals surface area contributed by atoms with Crippen molar-refractivity contribution in [3.05, 3.63) is 30.0 Å². The van der Waals surface area contributed by atoms with Crippen LogP contribution in [0.1, 0.15) is 22.1 Å². The summed E-state index contributed by atoms with van der Waals surface area (Å²) < 4.78 is 95.7. The molecule has 0 saturated carbocycles. The van der Waals surface area contributed by atoms with E-state index < -0.39 is 82.7 Å². The molecule has 10 nitrogen and oxygen atoms in total. The molecule has 148 valence electrons. The number of ether oxygens (including phenoxy) is 1. The van der Waals surface area contributed by atoms with E-state index in [4.69, 9.17) is 34.0 Å². The average molecular weight is 408 g/mol. The lowest BCUT2D eigenvalue weighted by Crippen LogP contribution is -2.46. The molecule has 0 aromatic carbocycles. The summed E-state index contributed by atoms with van der Waals surface area (Å²) in [7, 11) is -6.09. The number of hydrogen-bond acceptors (Lipinski definition) is 8. The Labute approximate surface area is 150 Å². The molecular weight excluding hydrogens is 389 g/mol. The van der Waals surface area contributed by atoms with Gasteiger partial charge in [0.2, 0.25) is 0 Å². The summed E-state index contributed by atoms with van der Waals surface area (Å²) >= 11 is 0. The molecule has 0 aliphatic carbocycles. The van der Waals surface area contributed by atoms with Gasteiger partial charge in [-0.05, 0) is 6.04 Å². The molecule has 0 bridgehead atoms. The zero-order valence-corrected chi connectivity index (χ0v) is 13.3. The van der Waals surface area contributed by atoms with Crippen LogP contribution in [0.5, 0.6) is 0 Å². The zero-order valence-electron chi connectivity index (χ0n) is 16.5. The molecule has 0 radical (unpaired) electrons. The van der Waals surface area contributed by atoms with E-state index in [0.29, 0.717) is 4.57 Å². The van der Waals surface area contributed by atoms with Crippen molar-refractivity contribution in [1.29, 1.82) is 0 Å². The van der Waals surface area contributed by atoms with Crippen LogP contribution in [0.25, 0.3) is 0 Å². The maximum Gasteiger partial charge on any atom is 0.485 e. The van der Waals surface area contributed by atoms with Crippen LogP contribution in [0, 0.1) is 0 Å². The number of amides is 1. The molecule has 2 heterocycles. The monoisotopic (exact) mass is 408 g/mol. The number of halogens is 3. The van der Waals surface area contributed by atoms with Crippen molar-refractivity contribution in [3.8, 4) is 0 Å². The second-order valence-corrected chi connectivity index (χ2v) is 6.08. The summed E-state index contributed by atoms with van der Waals surface area (Å²) in [6, 6.07) is -1.35. The molecule has 1 aliphatic rings. The molecular formula is C12H15F3N2O8S. The van der Waals surface area contributed by atoms with Gasteiger partial charge >= 0.3 is 5.51 Å². The molecule has 2 rings (SSSR count). The highest BCUT2D eigenvalue weighted by molar-refractivity contribution is 7.86. The number of aliphatic hydroxyl groups excluding tert-OH is 3. The number of aliphatic hydroxyl groups is 3. The van der Waals surface area contributed by atoms with Gasteiger partial charge in [0.1, 0.15) is 20.5 Å². The summed E-state index contributed by atoms with van der Waals surface area (Å²) in [5.74, 6) is -1.14. The average Bonchev–Trinajstić information content (AvgIpc) is 2.87. The van der Waals surface area contributed by atoms with Crippen LogP contribution in [0.2, 0.25) is 0 Å². The third kappa shape index (κ3) is 5.33. The Kier molecular flexibility index (Phi) is 5.18. The SMILES string of the molecule is O=S(=O)([O-])C(F)(F)F.[2H]c1c([2H])c([2H])[n+]([C@@H]2O[C@H](CO)[C@@H](O)[C@H]2O)c([2H])c1C(N)=O. The lowest BCUT2D eigenvalue weighted by Gasteiger charge is -2.09. The van der Waals surface area contributed by atoms with Crippen LogP contribution in [0.3, 0.4) is 0 Å². The quantitative estimate of drug-likeness (QED) is 0.246. The lowest BCUT2D eigenvalue weighted by atomic mass is 10.1. The van der Waals surface area contributed by atoms with Gasteiger partial charge in [0.15, 0.2) is 28.6 Å². The molecule has 4 atom stereocenters. The third-order valence-corrected chi connectivity index (χ3v) is 3.46. The summed E-state index contributed by atoms with van der Waals surface area (Å²) in [6.45, 7) is -0.608. The number of nitrogens with two attached hydrogens (primary N) is 1. The van der Waals surface area contributed by atoms with Crippen LogP contribution >= 0.6 is 0 Å². The van der Waals surface area contributed by atoms with Crippen molar-refractivity contribution in [2.24, 2.45) is 5.73 Å². The van der Waals surface area contributed by atoms with Crippen molar-refractivity contribution in [1.82, 2.24) is 0 Å². The van der Waals surface area contributed by atoms with E-state index in [2.05, 4.69) is 0 Å². The zero-order chi connectivity index (χ0) is 23.8. The van der Waals surface area contributed by atoms with Crippen LogP contribution < -0.4 is 10.3 Å². The van der Waals surface area contributed by atoms with Crippen molar-refractivity contribution in [2.45, 2.75) is 30.0 Å². The van der Waals surface area contributed by atoms with E-state index >= 15 is 0 Å². The summed E-state index contributed by atoms with van der Waals surface area (Å²) in [5, 5.41) is 28.7. The molecule has 1 saturated heterocycles. The number of aromatic nitrogens is 1. The summed E-state index contributed by atoms with van der Waals surface area (Å²) in [4.78, 5) is 11.4. The lowest BCUT2D eigenvalue weighted by molar-refractivity contribution is -0.765. The molecule has 1 aliphatic heterocycles. The highest BCUT2D eigenvalue weighted by Gasteiger charge is 2.47. The van der Waals surface area contributed by atoms with Gasteiger partial charge in [-0.1, -0.05) is 0 Å². The predicted molar refractivity (Wildman–Crippen MR) is 73.9 cm³/mol. The Morgan fingerprint density at radius 1 is 1.42 bits per heavy atom. The standard InChI is InChI=1S/C11H14N2O5.CHF3O3S/c12-10(17)6-2-1-3-13(4-6)11-9(16)8(15)7(5-14)18-11;2-1(3,4)8(5,6)7/h1-4,7-9,11,14-16H,5H2,(H-,12,17);(H,5,6,7)/t7-,8-,9-,11-;/m1./s1/i1D,2D,3D,4D;. The Bertz CT molecular complexity index is 933. The Morgan fingerprint density at radius 2 is 1.96 bits per heavy atom. The largest absolute Gasteiger partial charge is 0.741 e. The molecule has 0 spiro atoms. The first kappa shape index (κ1) is 16.3. The van der Waals surface area contributed by atoms with Gasteiger partial charge in [-0.15, -0.1) is 0 Å². The fraction of sp³-hybridized carbons (Fsp3) is 0.500. The molecule has 1 aromatic rings. The molecule has 14 heteroatoms. The predicted octanol–water partition coefficient (Wildman–Crippen LogP) is -2.26. The van der Waals surface area contributed by atoms with Crippen molar-refractivity contribution in [3.63, 3.8) is 0 Å². The number of hydrogen-bond donors (Lipinski definition) is 4. The van der Waals surface area contributed by atoms with E-state index in [1.807, 2.05) is 0 Å². The summed E-state index contributed by atoms with van der Waals surface area (Å²) in [6.07, 6.45) is -7.01. The van der Waals surface area contributed by atoms with Crippen LogP contribution in [-0.4, -0.2) is 64.6 Å². The highest BCUT2D eigenvalue weighted by atomic mass is 32.2. The Morgan fingerprint density at radius 3 is 2.35 bits per heavy atom. The number of alkyl halides is 3. The van der Waals surface area contributed by atoms with E-state index in [9.17, 15) is 28.2 Å². The van der Waals surface area contributed by atoms with Gasteiger partial charge in [0.25, 0.3) is 12.1 Å². The number of primary amides is 1. The van der Waals surface area contributed by atoms with Gasteiger partial charge in [-0.3, -0.25) is 4.79 Å².